The summed E-state index contributed by atoms with van der Waals surface area (Å²) in [7, 11) is 0. The van der Waals surface area contributed by atoms with Crippen molar-refractivity contribution in [3.05, 3.63) is 51.9 Å². The smallest absolute Gasteiger partial charge is 0.256 e. The van der Waals surface area contributed by atoms with Gasteiger partial charge in [-0.3, -0.25) is 4.79 Å². The number of carbonyl (C=O) groups excluding carboxylic acids is 1. The standard InChI is InChI=1S/C13H11BrN4O/c14-11-6-17-12(7-16-11)18-13(19)8-1-2-9-4-15-5-10(9)3-8/h1-3,6-7,15H,4-5H2,(H,17,18,19). The van der Waals surface area contributed by atoms with Crippen LogP contribution in [-0.4, -0.2) is 15.9 Å². The van der Waals surface area contributed by atoms with Gasteiger partial charge in [0.05, 0.1) is 12.4 Å². The Kier molecular flexibility index (Phi) is 3.27. The van der Waals surface area contributed by atoms with Gasteiger partial charge in [-0.2, -0.15) is 0 Å². The summed E-state index contributed by atoms with van der Waals surface area (Å²) in [5.74, 6) is 0.262. The molecule has 96 valence electrons. The van der Waals surface area contributed by atoms with Gasteiger partial charge in [-0.25, -0.2) is 9.97 Å². The Labute approximate surface area is 118 Å². The summed E-state index contributed by atoms with van der Waals surface area (Å²) in [6.07, 6.45) is 3.05. The van der Waals surface area contributed by atoms with Gasteiger partial charge in [0.1, 0.15) is 4.60 Å². The Morgan fingerprint density at radius 3 is 2.84 bits per heavy atom. The van der Waals surface area contributed by atoms with Crippen molar-refractivity contribution in [3.63, 3.8) is 0 Å². The third-order valence-corrected chi connectivity index (χ3v) is 3.37. The topological polar surface area (TPSA) is 66.9 Å². The van der Waals surface area contributed by atoms with Gasteiger partial charge in [-0.05, 0) is 39.2 Å². The van der Waals surface area contributed by atoms with Crippen LogP contribution in [0.3, 0.4) is 0 Å². The molecule has 1 amide bonds. The quantitative estimate of drug-likeness (QED) is 0.889. The van der Waals surface area contributed by atoms with Crippen LogP contribution in [-0.2, 0) is 13.1 Å². The van der Waals surface area contributed by atoms with Gasteiger partial charge in [0.15, 0.2) is 5.82 Å². The average molecular weight is 319 g/mol. The number of anilines is 1. The van der Waals surface area contributed by atoms with Gasteiger partial charge in [0.25, 0.3) is 5.91 Å². The molecule has 3 rings (SSSR count). The fourth-order valence-corrected chi connectivity index (χ4v) is 2.21. The molecule has 0 atom stereocenters. The molecule has 1 aromatic heterocycles. The maximum Gasteiger partial charge on any atom is 0.256 e. The van der Waals surface area contributed by atoms with E-state index in [0.717, 1.165) is 13.1 Å². The molecular formula is C13H11BrN4O. The van der Waals surface area contributed by atoms with E-state index >= 15 is 0 Å². The normalized spacial score (nSPS) is 13.1. The van der Waals surface area contributed by atoms with Crippen LogP contribution >= 0.6 is 15.9 Å². The molecule has 0 radical (unpaired) electrons. The average Bonchev–Trinajstić information content (AvgIpc) is 2.88. The van der Waals surface area contributed by atoms with Crippen molar-refractivity contribution in [1.82, 2.24) is 15.3 Å². The van der Waals surface area contributed by atoms with E-state index in [1.165, 1.54) is 17.3 Å². The van der Waals surface area contributed by atoms with Gasteiger partial charge in [0, 0.05) is 18.7 Å². The van der Waals surface area contributed by atoms with Crippen molar-refractivity contribution < 1.29 is 4.79 Å². The maximum absolute atomic E-state index is 12.1. The summed E-state index contributed by atoms with van der Waals surface area (Å²) in [5, 5.41) is 5.97. The molecule has 0 unspecified atom stereocenters. The van der Waals surface area contributed by atoms with Crippen molar-refractivity contribution >= 4 is 27.7 Å². The number of hydrogen-bond donors (Lipinski definition) is 2. The highest BCUT2D eigenvalue weighted by Gasteiger charge is 2.13. The molecule has 1 aliphatic rings. The molecule has 2 heterocycles. The second kappa shape index (κ2) is 5.07. The molecule has 6 heteroatoms. The van der Waals surface area contributed by atoms with Crippen molar-refractivity contribution in [1.29, 1.82) is 0 Å². The van der Waals surface area contributed by atoms with Crippen LogP contribution in [0.15, 0.2) is 35.2 Å². The van der Waals surface area contributed by atoms with E-state index in [2.05, 4.69) is 36.5 Å². The Morgan fingerprint density at radius 2 is 2.05 bits per heavy atom. The third-order valence-electron chi connectivity index (χ3n) is 2.96. The lowest BCUT2D eigenvalue weighted by atomic mass is 10.1. The first-order valence-corrected chi connectivity index (χ1v) is 6.63. The van der Waals surface area contributed by atoms with Crippen LogP contribution in [0.5, 0.6) is 0 Å². The maximum atomic E-state index is 12.1. The zero-order chi connectivity index (χ0) is 13.2. The van der Waals surface area contributed by atoms with Gasteiger partial charge in [-0.1, -0.05) is 6.07 Å². The zero-order valence-corrected chi connectivity index (χ0v) is 11.6. The van der Waals surface area contributed by atoms with Crippen LogP contribution in [0, 0.1) is 0 Å². The minimum atomic E-state index is -0.175. The number of rotatable bonds is 2. The molecule has 5 nitrogen and oxygen atoms in total. The van der Waals surface area contributed by atoms with E-state index in [1.54, 1.807) is 6.20 Å². The molecule has 0 saturated heterocycles. The molecule has 1 aliphatic heterocycles. The molecule has 0 spiro atoms. The van der Waals surface area contributed by atoms with Gasteiger partial charge in [-0.15, -0.1) is 0 Å². The Bertz CT molecular complexity index is 627. The molecule has 2 aromatic rings. The summed E-state index contributed by atoms with van der Waals surface area (Å²) >= 11 is 3.20. The summed E-state index contributed by atoms with van der Waals surface area (Å²) in [6.45, 7) is 1.68. The molecule has 1 aromatic carbocycles. The molecule has 0 bridgehead atoms. The van der Waals surface area contributed by atoms with E-state index < -0.39 is 0 Å². The van der Waals surface area contributed by atoms with E-state index in [0.29, 0.717) is 16.0 Å². The summed E-state index contributed by atoms with van der Waals surface area (Å²) < 4.78 is 0.633. The lowest BCUT2D eigenvalue weighted by Crippen LogP contribution is -2.13. The van der Waals surface area contributed by atoms with Crippen molar-refractivity contribution in [2.24, 2.45) is 0 Å². The number of nitrogens with zero attached hydrogens (tertiary/aromatic N) is 2. The minimum Gasteiger partial charge on any atom is -0.309 e. The minimum absolute atomic E-state index is 0.175. The van der Waals surface area contributed by atoms with Gasteiger partial charge < -0.3 is 10.6 Å². The first-order valence-electron chi connectivity index (χ1n) is 5.84. The second-order valence-corrected chi connectivity index (χ2v) is 5.08. The first kappa shape index (κ1) is 12.3. The molecular weight excluding hydrogens is 308 g/mol. The van der Waals surface area contributed by atoms with Crippen LogP contribution < -0.4 is 10.6 Å². The van der Waals surface area contributed by atoms with Gasteiger partial charge >= 0.3 is 0 Å². The number of amides is 1. The molecule has 19 heavy (non-hydrogen) atoms. The summed E-state index contributed by atoms with van der Waals surface area (Å²) in [4.78, 5) is 20.2. The van der Waals surface area contributed by atoms with Crippen LogP contribution in [0.2, 0.25) is 0 Å². The highest BCUT2D eigenvalue weighted by molar-refractivity contribution is 9.10. The predicted octanol–water partition coefficient (Wildman–Crippen LogP) is 2.09. The number of halogens is 1. The SMILES string of the molecule is O=C(Nc1cnc(Br)cn1)c1ccc2c(c1)CNC2. The van der Waals surface area contributed by atoms with E-state index in [1.807, 2.05) is 18.2 Å². The number of nitrogens with one attached hydrogen (secondary N) is 2. The predicted molar refractivity (Wildman–Crippen MR) is 74.7 cm³/mol. The van der Waals surface area contributed by atoms with E-state index in [-0.39, 0.29) is 5.91 Å². The Hall–Kier alpha value is -1.79. The molecule has 0 fully saturated rings. The monoisotopic (exact) mass is 318 g/mol. The lowest BCUT2D eigenvalue weighted by molar-refractivity contribution is 0.102. The van der Waals surface area contributed by atoms with Crippen molar-refractivity contribution in [2.75, 3.05) is 5.32 Å². The summed E-state index contributed by atoms with van der Waals surface area (Å²) in [5.41, 5.74) is 3.06. The Balaban J connectivity index is 1.78. The third kappa shape index (κ3) is 2.64. The number of benzene rings is 1. The number of fused-ring (bicyclic) bond motifs is 1. The zero-order valence-electron chi connectivity index (χ0n) is 9.98. The van der Waals surface area contributed by atoms with E-state index in [9.17, 15) is 4.79 Å². The number of aromatic nitrogens is 2. The van der Waals surface area contributed by atoms with Crippen molar-refractivity contribution in [3.8, 4) is 0 Å². The second-order valence-electron chi connectivity index (χ2n) is 4.27. The highest BCUT2D eigenvalue weighted by atomic mass is 79.9. The van der Waals surface area contributed by atoms with Crippen molar-refractivity contribution in [2.45, 2.75) is 13.1 Å². The largest absolute Gasteiger partial charge is 0.309 e. The van der Waals surface area contributed by atoms with Crippen LogP contribution in [0.4, 0.5) is 5.82 Å². The van der Waals surface area contributed by atoms with Gasteiger partial charge in [0.2, 0.25) is 0 Å². The first-order chi connectivity index (χ1) is 9.22. The Morgan fingerprint density at radius 1 is 1.21 bits per heavy atom. The number of carbonyl (C=O) groups is 1. The fourth-order valence-electron chi connectivity index (χ4n) is 2.00. The highest BCUT2D eigenvalue weighted by Crippen LogP contribution is 2.17. The summed E-state index contributed by atoms with van der Waals surface area (Å²) in [6, 6.07) is 5.72. The number of hydrogen-bond acceptors (Lipinski definition) is 4. The van der Waals surface area contributed by atoms with Crippen LogP contribution in [0.25, 0.3) is 0 Å². The molecule has 0 aliphatic carbocycles. The van der Waals surface area contributed by atoms with E-state index in [4.69, 9.17) is 0 Å². The molecule has 2 N–H and O–H groups in total. The molecule has 0 saturated carbocycles. The fraction of sp³-hybridized carbons (Fsp3) is 0.154. The van der Waals surface area contributed by atoms with Crippen LogP contribution in [0.1, 0.15) is 21.5 Å². The lowest BCUT2D eigenvalue weighted by Gasteiger charge is -2.05.